The van der Waals surface area contributed by atoms with Crippen molar-refractivity contribution in [1.82, 2.24) is 4.90 Å². The van der Waals surface area contributed by atoms with Crippen LogP contribution in [0.3, 0.4) is 0 Å². The third-order valence-electron chi connectivity index (χ3n) is 3.20. The minimum atomic E-state index is 0.207. The van der Waals surface area contributed by atoms with Gasteiger partial charge in [-0.3, -0.25) is 4.90 Å². The Morgan fingerprint density at radius 3 is 2.82 bits per heavy atom. The van der Waals surface area contributed by atoms with Gasteiger partial charge in [0.2, 0.25) is 0 Å². The summed E-state index contributed by atoms with van der Waals surface area (Å²) in [7, 11) is 0. The largest absolute Gasteiger partial charge is 0.396 e. The highest BCUT2D eigenvalue weighted by molar-refractivity contribution is 5.18. The van der Waals surface area contributed by atoms with Crippen LogP contribution in [-0.4, -0.2) is 42.9 Å². The molecule has 1 aliphatic heterocycles. The first-order valence-electron chi connectivity index (χ1n) is 6.40. The highest BCUT2D eigenvalue weighted by atomic mass is 16.5. The number of aliphatic hydroxyl groups is 1. The standard InChI is InChI=1S/C14H21NO2/c16-10-5-4-8-15-9-11-17-14(12-15)13-6-2-1-3-7-13/h1-3,6-7,14,16H,4-5,8-12H2. The summed E-state index contributed by atoms with van der Waals surface area (Å²) in [4.78, 5) is 2.43. The van der Waals surface area contributed by atoms with Crippen molar-refractivity contribution in [3.8, 4) is 0 Å². The highest BCUT2D eigenvalue weighted by Crippen LogP contribution is 2.21. The van der Waals surface area contributed by atoms with Gasteiger partial charge in [-0.25, -0.2) is 0 Å². The number of benzene rings is 1. The van der Waals surface area contributed by atoms with Crippen molar-refractivity contribution in [3.63, 3.8) is 0 Å². The first kappa shape index (κ1) is 12.6. The van der Waals surface area contributed by atoms with Crippen LogP contribution in [0.5, 0.6) is 0 Å². The van der Waals surface area contributed by atoms with Crippen LogP contribution in [0.1, 0.15) is 24.5 Å². The summed E-state index contributed by atoms with van der Waals surface area (Å²) in [6.07, 6.45) is 2.17. The van der Waals surface area contributed by atoms with Gasteiger partial charge in [-0.15, -0.1) is 0 Å². The van der Waals surface area contributed by atoms with E-state index in [1.54, 1.807) is 0 Å². The minimum Gasteiger partial charge on any atom is -0.396 e. The number of unbranched alkanes of at least 4 members (excludes halogenated alkanes) is 1. The lowest BCUT2D eigenvalue weighted by Crippen LogP contribution is -2.38. The summed E-state index contributed by atoms with van der Waals surface area (Å²) in [5, 5.41) is 8.78. The Hall–Kier alpha value is -0.900. The number of ether oxygens (including phenoxy) is 1. The first-order valence-corrected chi connectivity index (χ1v) is 6.40. The molecule has 0 amide bonds. The van der Waals surface area contributed by atoms with Crippen LogP contribution in [0.2, 0.25) is 0 Å². The summed E-state index contributed by atoms with van der Waals surface area (Å²) >= 11 is 0. The molecule has 0 bridgehead atoms. The molecule has 1 atom stereocenters. The molecule has 0 aromatic heterocycles. The maximum Gasteiger partial charge on any atom is 0.0952 e. The van der Waals surface area contributed by atoms with E-state index in [1.165, 1.54) is 5.56 Å². The predicted octanol–water partition coefficient (Wildman–Crippen LogP) is 1.83. The summed E-state index contributed by atoms with van der Waals surface area (Å²) < 4.78 is 5.81. The lowest BCUT2D eigenvalue weighted by molar-refractivity contribution is -0.0305. The topological polar surface area (TPSA) is 32.7 Å². The zero-order valence-corrected chi connectivity index (χ0v) is 10.2. The number of morpholine rings is 1. The number of rotatable bonds is 5. The number of nitrogens with zero attached hydrogens (tertiary/aromatic N) is 1. The van der Waals surface area contributed by atoms with E-state index in [0.29, 0.717) is 6.61 Å². The third-order valence-corrected chi connectivity index (χ3v) is 3.20. The van der Waals surface area contributed by atoms with Gasteiger partial charge in [-0.05, 0) is 24.9 Å². The molecule has 3 nitrogen and oxygen atoms in total. The van der Waals surface area contributed by atoms with Gasteiger partial charge in [0, 0.05) is 19.7 Å². The fraction of sp³-hybridized carbons (Fsp3) is 0.571. The molecule has 1 saturated heterocycles. The van der Waals surface area contributed by atoms with E-state index < -0.39 is 0 Å². The van der Waals surface area contributed by atoms with Gasteiger partial charge in [-0.1, -0.05) is 30.3 Å². The van der Waals surface area contributed by atoms with Crippen LogP contribution in [0.4, 0.5) is 0 Å². The van der Waals surface area contributed by atoms with E-state index in [1.807, 2.05) is 6.07 Å². The number of hydrogen-bond acceptors (Lipinski definition) is 3. The first-order chi connectivity index (χ1) is 8.40. The molecule has 17 heavy (non-hydrogen) atoms. The van der Waals surface area contributed by atoms with Gasteiger partial charge in [0.15, 0.2) is 0 Å². The molecule has 1 aromatic carbocycles. The molecule has 2 rings (SSSR count). The van der Waals surface area contributed by atoms with E-state index in [2.05, 4.69) is 29.2 Å². The summed E-state index contributed by atoms with van der Waals surface area (Å²) in [5.41, 5.74) is 1.26. The predicted molar refractivity (Wildman–Crippen MR) is 67.9 cm³/mol. The summed E-state index contributed by atoms with van der Waals surface area (Å²) in [6.45, 7) is 4.14. The van der Waals surface area contributed by atoms with Crippen molar-refractivity contribution in [2.45, 2.75) is 18.9 Å². The van der Waals surface area contributed by atoms with Crippen LogP contribution in [0, 0.1) is 0 Å². The molecule has 94 valence electrons. The normalized spacial score (nSPS) is 21.6. The maximum absolute atomic E-state index is 8.78. The lowest BCUT2D eigenvalue weighted by Gasteiger charge is -2.33. The molecule has 0 spiro atoms. The van der Waals surface area contributed by atoms with Crippen molar-refractivity contribution in [3.05, 3.63) is 35.9 Å². The van der Waals surface area contributed by atoms with E-state index in [9.17, 15) is 0 Å². The van der Waals surface area contributed by atoms with Crippen molar-refractivity contribution < 1.29 is 9.84 Å². The van der Waals surface area contributed by atoms with Crippen molar-refractivity contribution in [1.29, 1.82) is 0 Å². The number of hydrogen-bond donors (Lipinski definition) is 1. The Morgan fingerprint density at radius 1 is 1.24 bits per heavy atom. The Bertz CT molecular complexity index is 315. The van der Waals surface area contributed by atoms with Gasteiger partial charge in [0.1, 0.15) is 0 Å². The maximum atomic E-state index is 8.78. The minimum absolute atomic E-state index is 0.207. The van der Waals surface area contributed by atoms with Crippen LogP contribution in [-0.2, 0) is 4.74 Å². The van der Waals surface area contributed by atoms with Gasteiger partial charge >= 0.3 is 0 Å². The smallest absolute Gasteiger partial charge is 0.0952 e. The Kier molecular flexibility index (Phi) is 4.98. The molecule has 0 saturated carbocycles. The lowest BCUT2D eigenvalue weighted by atomic mass is 10.1. The summed E-state index contributed by atoms with van der Waals surface area (Å²) in [6, 6.07) is 10.4. The second-order valence-corrected chi connectivity index (χ2v) is 4.50. The second kappa shape index (κ2) is 6.74. The molecular weight excluding hydrogens is 214 g/mol. The van der Waals surface area contributed by atoms with Crippen molar-refractivity contribution >= 4 is 0 Å². The monoisotopic (exact) mass is 235 g/mol. The average molecular weight is 235 g/mol. The molecular formula is C14H21NO2. The second-order valence-electron chi connectivity index (χ2n) is 4.50. The Morgan fingerprint density at radius 2 is 2.06 bits per heavy atom. The fourth-order valence-corrected chi connectivity index (χ4v) is 2.22. The van der Waals surface area contributed by atoms with E-state index >= 15 is 0 Å². The van der Waals surface area contributed by atoms with Crippen molar-refractivity contribution in [2.75, 3.05) is 32.8 Å². The zero-order valence-electron chi connectivity index (χ0n) is 10.2. The van der Waals surface area contributed by atoms with Crippen LogP contribution in [0.25, 0.3) is 0 Å². The van der Waals surface area contributed by atoms with Crippen LogP contribution < -0.4 is 0 Å². The molecule has 0 aliphatic carbocycles. The quantitative estimate of drug-likeness (QED) is 0.790. The molecule has 1 unspecified atom stereocenters. The molecule has 3 heteroatoms. The van der Waals surface area contributed by atoms with Gasteiger partial charge in [0.05, 0.1) is 12.7 Å². The molecule has 1 heterocycles. The fourth-order valence-electron chi connectivity index (χ4n) is 2.22. The van der Waals surface area contributed by atoms with E-state index in [4.69, 9.17) is 9.84 Å². The molecule has 1 N–H and O–H groups in total. The Balaban J connectivity index is 1.84. The summed E-state index contributed by atoms with van der Waals surface area (Å²) in [5.74, 6) is 0. The van der Waals surface area contributed by atoms with Gasteiger partial charge < -0.3 is 9.84 Å². The van der Waals surface area contributed by atoms with Crippen LogP contribution in [0.15, 0.2) is 30.3 Å². The van der Waals surface area contributed by atoms with E-state index in [0.717, 1.165) is 39.1 Å². The molecule has 1 aliphatic rings. The Labute approximate surface area is 103 Å². The van der Waals surface area contributed by atoms with Crippen molar-refractivity contribution in [2.24, 2.45) is 0 Å². The zero-order chi connectivity index (χ0) is 11.9. The average Bonchev–Trinajstić information content (AvgIpc) is 2.41. The molecule has 1 fully saturated rings. The SMILES string of the molecule is OCCCCN1CCOC(c2ccccc2)C1. The molecule has 1 aromatic rings. The third kappa shape index (κ3) is 3.80. The molecule has 0 radical (unpaired) electrons. The number of aliphatic hydroxyl groups excluding tert-OH is 1. The highest BCUT2D eigenvalue weighted by Gasteiger charge is 2.20. The van der Waals surface area contributed by atoms with Crippen LogP contribution >= 0.6 is 0 Å². The van der Waals surface area contributed by atoms with Gasteiger partial charge in [-0.2, -0.15) is 0 Å². The van der Waals surface area contributed by atoms with Gasteiger partial charge in [0.25, 0.3) is 0 Å². The van der Waals surface area contributed by atoms with E-state index in [-0.39, 0.29) is 6.10 Å².